The normalized spacial score (nSPS) is 12.8. The van der Waals surface area contributed by atoms with Crippen molar-refractivity contribution >= 4 is 5.82 Å². The monoisotopic (exact) mass is 238 g/mol. The lowest BCUT2D eigenvalue weighted by Crippen LogP contribution is -2.14. The maximum atomic E-state index is 5.70. The van der Waals surface area contributed by atoms with Crippen LogP contribution < -0.4 is 11.3 Å². The summed E-state index contributed by atoms with van der Waals surface area (Å²) in [4.78, 5) is 8.53. The summed E-state index contributed by atoms with van der Waals surface area (Å²) in [6, 6.07) is 1.79. The number of anilines is 1. The summed E-state index contributed by atoms with van der Waals surface area (Å²) in [6.07, 6.45) is 1.25. The van der Waals surface area contributed by atoms with Gasteiger partial charge in [-0.15, -0.1) is 0 Å². The molecule has 0 bridgehead atoms. The van der Waals surface area contributed by atoms with Crippen molar-refractivity contribution in [3.8, 4) is 0 Å². The molecule has 0 aromatic carbocycles. The highest BCUT2D eigenvalue weighted by Gasteiger charge is 2.07. The van der Waals surface area contributed by atoms with E-state index >= 15 is 0 Å². The number of nitrogens with two attached hydrogens (primary N) is 1. The van der Waals surface area contributed by atoms with Gasteiger partial charge in [0.25, 0.3) is 0 Å². The van der Waals surface area contributed by atoms with Crippen LogP contribution in [0.1, 0.15) is 38.7 Å². The van der Waals surface area contributed by atoms with Crippen LogP contribution in [0.15, 0.2) is 6.07 Å². The van der Waals surface area contributed by atoms with Gasteiger partial charge in [-0.05, 0) is 26.2 Å². The van der Waals surface area contributed by atoms with Gasteiger partial charge in [-0.25, -0.2) is 15.8 Å². The van der Waals surface area contributed by atoms with Gasteiger partial charge in [-0.3, -0.25) is 0 Å². The Bertz CT molecular complexity index is 354. The minimum atomic E-state index is 0.216. The maximum absolute atomic E-state index is 5.70. The Kier molecular flexibility index (Phi) is 5.31. The number of aryl methyl sites for hydroxylation is 1. The predicted octanol–water partition coefficient (Wildman–Crippen LogP) is 2.02. The van der Waals surface area contributed by atoms with E-state index in [1.807, 2.05) is 6.92 Å². The van der Waals surface area contributed by atoms with Crippen molar-refractivity contribution in [1.82, 2.24) is 9.97 Å². The number of nitrogens with one attached hydrogen (secondary N) is 1. The Morgan fingerprint density at radius 3 is 2.65 bits per heavy atom. The molecule has 1 aromatic heterocycles. The molecule has 5 nitrogen and oxygen atoms in total. The van der Waals surface area contributed by atoms with Crippen molar-refractivity contribution in [2.24, 2.45) is 11.8 Å². The van der Waals surface area contributed by atoms with E-state index in [2.05, 4.69) is 36.2 Å². The van der Waals surface area contributed by atoms with Crippen LogP contribution in [0.5, 0.6) is 0 Å². The molecule has 0 radical (unpaired) electrons. The van der Waals surface area contributed by atoms with E-state index in [1.54, 1.807) is 6.07 Å². The molecule has 3 N–H and O–H groups in total. The van der Waals surface area contributed by atoms with Crippen LogP contribution >= 0.6 is 0 Å². The molecule has 0 fully saturated rings. The second-order valence-electron chi connectivity index (χ2n) is 4.71. The van der Waals surface area contributed by atoms with Gasteiger partial charge in [-0.1, -0.05) is 13.8 Å². The molecule has 0 spiro atoms. The number of rotatable bonds is 6. The van der Waals surface area contributed by atoms with Crippen molar-refractivity contribution in [1.29, 1.82) is 0 Å². The lowest BCUT2D eigenvalue weighted by atomic mass is 10.1. The topological polar surface area (TPSA) is 73.1 Å². The third-order valence-electron chi connectivity index (χ3n) is 2.35. The summed E-state index contributed by atoms with van der Waals surface area (Å²) in [7, 11) is 0. The largest absolute Gasteiger partial charge is 0.371 e. The quantitative estimate of drug-likeness (QED) is 0.586. The summed E-state index contributed by atoms with van der Waals surface area (Å²) in [6.45, 7) is 8.75. The highest BCUT2D eigenvalue weighted by atomic mass is 16.5. The van der Waals surface area contributed by atoms with Crippen molar-refractivity contribution in [3.05, 3.63) is 17.6 Å². The van der Waals surface area contributed by atoms with E-state index in [4.69, 9.17) is 10.6 Å². The van der Waals surface area contributed by atoms with Gasteiger partial charge in [0.1, 0.15) is 12.4 Å². The van der Waals surface area contributed by atoms with Gasteiger partial charge in [0, 0.05) is 11.8 Å². The SMILES string of the molecule is Cc1cc(NN)nc(COC(C)CC(C)C)n1. The molecule has 1 unspecified atom stereocenters. The van der Waals surface area contributed by atoms with E-state index in [9.17, 15) is 0 Å². The van der Waals surface area contributed by atoms with E-state index in [0.717, 1.165) is 12.1 Å². The lowest BCUT2D eigenvalue weighted by molar-refractivity contribution is 0.0359. The number of nitrogen functional groups attached to an aromatic ring is 1. The second-order valence-corrected chi connectivity index (χ2v) is 4.71. The minimum absolute atomic E-state index is 0.216. The van der Waals surface area contributed by atoms with Crippen LogP contribution in [0.3, 0.4) is 0 Å². The molecular weight excluding hydrogens is 216 g/mol. The van der Waals surface area contributed by atoms with Gasteiger partial charge >= 0.3 is 0 Å². The summed E-state index contributed by atoms with van der Waals surface area (Å²) in [5.41, 5.74) is 3.40. The summed E-state index contributed by atoms with van der Waals surface area (Å²) < 4.78 is 5.70. The van der Waals surface area contributed by atoms with Crippen LogP contribution in [0, 0.1) is 12.8 Å². The van der Waals surface area contributed by atoms with Crippen LogP contribution in [0.25, 0.3) is 0 Å². The number of aromatic nitrogens is 2. The molecule has 1 rings (SSSR count). The second kappa shape index (κ2) is 6.51. The average Bonchev–Trinajstić information content (AvgIpc) is 2.24. The number of hydrazine groups is 1. The number of hydrogen-bond acceptors (Lipinski definition) is 5. The standard InChI is InChI=1S/C12H22N4O/c1-8(2)5-10(4)17-7-12-14-9(3)6-11(15-12)16-13/h6,8,10H,5,7,13H2,1-4H3,(H,14,15,16). The lowest BCUT2D eigenvalue weighted by Gasteiger charge is -2.14. The first-order valence-corrected chi connectivity index (χ1v) is 5.94. The molecule has 96 valence electrons. The summed E-state index contributed by atoms with van der Waals surface area (Å²) in [5.74, 6) is 7.24. The molecule has 1 aromatic rings. The van der Waals surface area contributed by atoms with Gasteiger partial charge in [0.15, 0.2) is 5.82 Å². The van der Waals surface area contributed by atoms with Crippen LogP contribution in [-0.2, 0) is 11.3 Å². The predicted molar refractivity (Wildman–Crippen MR) is 68.3 cm³/mol. The Balaban J connectivity index is 2.54. The minimum Gasteiger partial charge on any atom is -0.371 e. The zero-order chi connectivity index (χ0) is 12.8. The fraction of sp³-hybridized carbons (Fsp3) is 0.667. The zero-order valence-electron chi connectivity index (χ0n) is 11.0. The smallest absolute Gasteiger partial charge is 0.156 e. The number of hydrogen-bond donors (Lipinski definition) is 2. The van der Waals surface area contributed by atoms with Crippen molar-refractivity contribution in [2.45, 2.75) is 46.8 Å². The third kappa shape index (κ3) is 5.10. The van der Waals surface area contributed by atoms with Crippen molar-refractivity contribution < 1.29 is 4.74 Å². The Hall–Kier alpha value is -1.20. The molecule has 17 heavy (non-hydrogen) atoms. The molecule has 0 aliphatic carbocycles. The molecule has 0 saturated carbocycles. The van der Waals surface area contributed by atoms with Crippen LogP contribution in [-0.4, -0.2) is 16.1 Å². The molecule has 0 saturated heterocycles. The highest BCUT2D eigenvalue weighted by Crippen LogP contribution is 2.10. The van der Waals surface area contributed by atoms with Crippen LogP contribution in [0.4, 0.5) is 5.82 Å². The van der Waals surface area contributed by atoms with E-state index in [-0.39, 0.29) is 6.10 Å². The van der Waals surface area contributed by atoms with Crippen LogP contribution in [0.2, 0.25) is 0 Å². The Morgan fingerprint density at radius 2 is 2.06 bits per heavy atom. The zero-order valence-corrected chi connectivity index (χ0v) is 11.0. The molecule has 1 heterocycles. The van der Waals surface area contributed by atoms with E-state index in [1.165, 1.54) is 0 Å². The molecule has 1 atom stereocenters. The van der Waals surface area contributed by atoms with Gasteiger partial charge in [0.2, 0.25) is 0 Å². The van der Waals surface area contributed by atoms with Gasteiger partial charge in [-0.2, -0.15) is 0 Å². The van der Waals surface area contributed by atoms with E-state index in [0.29, 0.717) is 24.2 Å². The first-order chi connectivity index (χ1) is 8.01. The summed E-state index contributed by atoms with van der Waals surface area (Å²) in [5, 5.41) is 0. The summed E-state index contributed by atoms with van der Waals surface area (Å²) >= 11 is 0. The van der Waals surface area contributed by atoms with Crippen molar-refractivity contribution in [3.63, 3.8) is 0 Å². The molecular formula is C12H22N4O. The molecule has 5 heteroatoms. The van der Waals surface area contributed by atoms with Gasteiger partial charge in [0.05, 0.1) is 6.10 Å². The van der Waals surface area contributed by atoms with E-state index < -0.39 is 0 Å². The Labute approximate surface area is 103 Å². The van der Waals surface area contributed by atoms with Gasteiger partial charge < -0.3 is 10.2 Å². The first kappa shape index (κ1) is 13.9. The average molecular weight is 238 g/mol. The molecule has 0 aliphatic rings. The number of nitrogens with zero attached hydrogens (tertiary/aromatic N) is 2. The van der Waals surface area contributed by atoms with Crippen molar-refractivity contribution in [2.75, 3.05) is 5.43 Å². The third-order valence-corrected chi connectivity index (χ3v) is 2.35. The fourth-order valence-electron chi connectivity index (χ4n) is 1.72. The molecule has 0 aliphatic heterocycles. The fourth-order valence-corrected chi connectivity index (χ4v) is 1.72. The first-order valence-electron chi connectivity index (χ1n) is 5.94. The number of ether oxygens (including phenoxy) is 1. The highest BCUT2D eigenvalue weighted by molar-refractivity contribution is 5.33. The molecule has 0 amide bonds. The Morgan fingerprint density at radius 1 is 1.35 bits per heavy atom. The maximum Gasteiger partial charge on any atom is 0.156 e.